The smallest absolute Gasteiger partial charge is 0.119 e. The van der Waals surface area contributed by atoms with Gasteiger partial charge in [-0.15, -0.1) is 0 Å². The predicted octanol–water partition coefficient (Wildman–Crippen LogP) is 2.52. The van der Waals surface area contributed by atoms with E-state index in [0.29, 0.717) is 0 Å². The van der Waals surface area contributed by atoms with Gasteiger partial charge in [-0.25, -0.2) is 0 Å². The Morgan fingerprint density at radius 2 is 1.76 bits per heavy atom. The van der Waals surface area contributed by atoms with Crippen molar-refractivity contribution in [3.05, 3.63) is 24.3 Å². The summed E-state index contributed by atoms with van der Waals surface area (Å²) in [5, 5.41) is 3.48. The minimum Gasteiger partial charge on any atom is -0.497 e. The van der Waals surface area contributed by atoms with E-state index in [1.165, 1.54) is 5.69 Å². The second kappa shape index (κ2) is 5.92. The molecule has 0 aliphatic carbocycles. The molecule has 96 valence electrons. The Labute approximate surface area is 105 Å². The van der Waals surface area contributed by atoms with Gasteiger partial charge in [0.25, 0.3) is 0 Å². The van der Waals surface area contributed by atoms with E-state index in [1.54, 1.807) is 7.11 Å². The summed E-state index contributed by atoms with van der Waals surface area (Å²) < 4.78 is 5.14. The molecule has 1 aromatic carbocycles. The fourth-order valence-electron chi connectivity index (χ4n) is 1.56. The Hall–Kier alpha value is -1.22. The van der Waals surface area contributed by atoms with Crippen LogP contribution in [-0.4, -0.2) is 32.8 Å². The highest BCUT2D eigenvalue weighted by Gasteiger charge is 2.08. The van der Waals surface area contributed by atoms with Gasteiger partial charge in [-0.3, -0.25) is 0 Å². The third kappa shape index (κ3) is 5.09. The number of methoxy groups -OCH3 is 1. The Morgan fingerprint density at radius 3 is 2.24 bits per heavy atom. The second-order valence-electron chi connectivity index (χ2n) is 5.30. The molecule has 0 amide bonds. The van der Waals surface area contributed by atoms with Gasteiger partial charge < -0.3 is 15.0 Å². The third-order valence-electron chi connectivity index (χ3n) is 2.62. The summed E-state index contributed by atoms with van der Waals surface area (Å²) in [4.78, 5) is 2.23. The van der Waals surface area contributed by atoms with Crippen molar-refractivity contribution < 1.29 is 4.74 Å². The average Bonchev–Trinajstić information content (AvgIpc) is 2.27. The molecule has 0 radical (unpaired) electrons. The van der Waals surface area contributed by atoms with E-state index < -0.39 is 0 Å². The van der Waals surface area contributed by atoms with Gasteiger partial charge in [0, 0.05) is 31.4 Å². The Kier molecular flexibility index (Phi) is 4.82. The van der Waals surface area contributed by atoms with Crippen LogP contribution in [0.25, 0.3) is 0 Å². The molecular weight excluding hydrogens is 212 g/mol. The minimum atomic E-state index is 0.181. The van der Waals surface area contributed by atoms with Crippen molar-refractivity contribution in [2.24, 2.45) is 0 Å². The molecule has 0 fully saturated rings. The van der Waals surface area contributed by atoms with E-state index >= 15 is 0 Å². The lowest BCUT2D eigenvalue weighted by atomic mass is 10.1. The lowest BCUT2D eigenvalue weighted by Crippen LogP contribution is -2.40. The van der Waals surface area contributed by atoms with Gasteiger partial charge in [-0.05, 0) is 45.0 Å². The molecule has 17 heavy (non-hydrogen) atoms. The van der Waals surface area contributed by atoms with Crippen LogP contribution in [0.4, 0.5) is 5.69 Å². The number of nitrogens with one attached hydrogen (secondary N) is 1. The van der Waals surface area contributed by atoms with Crippen molar-refractivity contribution in [3.63, 3.8) is 0 Å². The van der Waals surface area contributed by atoms with Crippen LogP contribution in [0.2, 0.25) is 0 Å². The summed E-state index contributed by atoms with van der Waals surface area (Å²) >= 11 is 0. The standard InChI is InChI=1S/C14H24N2O/c1-14(2,3)15-10-11-16(4)12-6-8-13(17-5)9-7-12/h6-9,15H,10-11H2,1-5H3. The van der Waals surface area contributed by atoms with Gasteiger partial charge in [-0.2, -0.15) is 0 Å². The largest absolute Gasteiger partial charge is 0.497 e. The number of hydrogen-bond donors (Lipinski definition) is 1. The zero-order chi connectivity index (χ0) is 12.9. The molecule has 0 spiro atoms. The first-order chi connectivity index (χ1) is 7.92. The van der Waals surface area contributed by atoms with E-state index in [-0.39, 0.29) is 5.54 Å². The molecule has 0 aliphatic rings. The van der Waals surface area contributed by atoms with Gasteiger partial charge in [0.05, 0.1) is 7.11 Å². The fraction of sp³-hybridized carbons (Fsp3) is 0.571. The van der Waals surface area contributed by atoms with Crippen LogP contribution in [0.1, 0.15) is 20.8 Å². The average molecular weight is 236 g/mol. The van der Waals surface area contributed by atoms with Crippen LogP contribution in [0.3, 0.4) is 0 Å². The summed E-state index contributed by atoms with van der Waals surface area (Å²) in [6, 6.07) is 8.14. The van der Waals surface area contributed by atoms with Crippen LogP contribution in [0.5, 0.6) is 5.75 Å². The zero-order valence-electron chi connectivity index (χ0n) is 11.6. The molecule has 0 saturated heterocycles. The van der Waals surface area contributed by atoms with Crippen LogP contribution in [0.15, 0.2) is 24.3 Å². The number of benzene rings is 1. The van der Waals surface area contributed by atoms with Gasteiger partial charge in [-0.1, -0.05) is 0 Å². The third-order valence-corrected chi connectivity index (χ3v) is 2.62. The van der Waals surface area contributed by atoms with Gasteiger partial charge >= 0.3 is 0 Å². The molecular formula is C14H24N2O. The van der Waals surface area contributed by atoms with Crippen molar-refractivity contribution in [3.8, 4) is 5.75 Å². The van der Waals surface area contributed by atoms with E-state index in [2.05, 4.69) is 50.2 Å². The van der Waals surface area contributed by atoms with Gasteiger partial charge in [0.1, 0.15) is 5.75 Å². The van der Waals surface area contributed by atoms with Crippen molar-refractivity contribution >= 4 is 5.69 Å². The minimum absolute atomic E-state index is 0.181. The molecule has 0 saturated carbocycles. The lowest BCUT2D eigenvalue weighted by molar-refractivity contribution is 0.415. The molecule has 0 heterocycles. The molecule has 3 heteroatoms. The lowest BCUT2D eigenvalue weighted by Gasteiger charge is -2.24. The van der Waals surface area contributed by atoms with E-state index in [1.807, 2.05) is 12.1 Å². The van der Waals surface area contributed by atoms with Crippen LogP contribution in [0, 0.1) is 0 Å². The molecule has 1 aromatic rings. The van der Waals surface area contributed by atoms with Crippen LogP contribution < -0.4 is 15.0 Å². The molecule has 0 unspecified atom stereocenters. The predicted molar refractivity (Wildman–Crippen MR) is 74.0 cm³/mol. The summed E-state index contributed by atoms with van der Waals surface area (Å²) in [5.74, 6) is 0.898. The van der Waals surface area contributed by atoms with E-state index in [4.69, 9.17) is 4.74 Å². The highest BCUT2D eigenvalue weighted by Crippen LogP contribution is 2.17. The maximum atomic E-state index is 5.14. The monoisotopic (exact) mass is 236 g/mol. The first-order valence-corrected chi connectivity index (χ1v) is 6.02. The summed E-state index contributed by atoms with van der Waals surface area (Å²) in [6.45, 7) is 8.51. The molecule has 1 N–H and O–H groups in total. The topological polar surface area (TPSA) is 24.5 Å². The number of rotatable bonds is 5. The first kappa shape index (κ1) is 13.8. The van der Waals surface area contributed by atoms with Crippen molar-refractivity contribution in [2.45, 2.75) is 26.3 Å². The molecule has 0 bridgehead atoms. The summed E-state index contributed by atoms with van der Waals surface area (Å²) in [6.07, 6.45) is 0. The molecule has 0 atom stereocenters. The number of hydrogen-bond acceptors (Lipinski definition) is 3. The number of anilines is 1. The zero-order valence-corrected chi connectivity index (χ0v) is 11.6. The van der Waals surface area contributed by atoms with Crippen molar-refractivity contribution in [2.75, 3.05) is 32.1 Å². The highest BCUT2D eigenvalue weighted by molar-refractivity contribution is 5.48. The Bertz CT molecular complexity index is 327. The number of likely N-dealkylation sites (N-methyl/N-ethyl adjacent to an activating group) is 1. The van der Waals surface area contributed by atoms with Crippen molar-refractivity contribution in [1.82, 2.24) is 5.32 Å². The highest BCUT2D eigenvalue weighted by atomic mass is 16.5. The Morgan fingerprint density at radius 1 is 1.18 bits per heavy atom. The fourth-order valence-corrected chi connectivity index (χ4v) is 1.56. The van der Waals surface area contributed by atoms with Crippen molar-refractivity contribution in [1.29, 1.82) is 0 Å². The molecule has 0 aliphatic heterocycles. The molecule has 1 rings (SSSR count). The van der Waals surface area contributed by atoms with Gasteiger partial charge in [0.15, 0.2) is 0 Å². The number of ether oxygens (including phenoxy) is 1. The SMILES string of the molecule is COc1ccc(N(C)CCNC(C)(C)C)cc1. The van der Waals surface area contributed by atoms with E-state index in [0.717, 1.165) is 18.8 Å². The maximum absolute atomic E-state index is 5.14. The van der Waals surface area contributed by atoms with Gasteiger partial charge in [0.2, 0.25) is 0 Å². The first-order valence-electron chi connectivity index (χ1n) is 6.02. The van der Waals surface area contributed by atoms with E-state index in [9.17, 15) is 0 Å². The quantitative estimate of drug-likeness (QED) is 0.850. The summed E-state index contributed by atoms with van der Waals surface area (Å²) in [7, 11) is 3.79. The maximum Gasteiger partial charge on any atom is 0.119 e. The normalized spacial score (nSPS) is 11.4. The second-order valence-corrected chi connectivity index (χ2v) is 5.30. The molecule has 3 nitrogen and oxygen atoms in total. The summed E-state index contributed by atoms with van der Waals surface area (Å²) in [5.41, 5.74) is 1.39. The van der Waals surface area contributed by atoms with Crippen LogP contribution >= 0.6 is 0 Å². The van der Waals surface area contributed by atoms with Crippen LogP contribution in [-0.2, 0) is 0 Å². The number of nitrogens with zero attached hydrogens (tertiary/aromatic N) is 1. The molecule has 0 aromatic heterocycles. The Balaban J connectivity index is 2.43.